The number of anilines is 1. The van der Waals surface area contributed by atoms with Crippen molar-refractivity contribution in [3.8, 4) is 11.5 Å². The molecule has 0 saturated carbocycles. The van der Waals surface area contributed by atoms with Crippen molar-refractivity contribution in [2.24, 2.45) is 0 Å². The number of benzene rings is 2. The third-order valence-corrected chi connectivity index (χ3v) is 3.21. The van der Waals surface area contributed by atoms with Gasteiger partial charge in [0, 0.05) is 17.3 Å². The Kier molecular flexibility index (Phi) is 3.12. The lowest BCUT2D eigenvalue weighted by molar-refractivity contribution is -0.117. The molecule has 0 aliphatic carbocycles. The van der Waals surface area contributed by atoms with Crippen LogP contribution >= 0.6 is 0 Å². The first-order chi connectivity index (χ1) is 9.69. The maximum atomic E-state index is 13.5. The molecule has 20 heavy (non-hydrogen) atoms. The summed E-state index contributed by atoms with van der Waals surface area (Å²) in [5.74, 6) is 0.100. The summed E-state index contributed by atoms with van der Waals surface area (Å²) in [5, 5.41) is 5.70. The maximum Gasteiger partial charge on any atom is 0.246 e. The Hall–Kier alpha value is -2.40. The molecule has 0 saturated heterocycles. The average molecular weight is 272 g/mol. The van der Waals surface area contributed by atoms with Crippen molar-refractivity contribution < 1.29 is 13.9 Å². The molecule has 5 heteroatoms. The summed E-state index contributed by atoms with van der Waals surface area (Å²) in [5.41, 5.74) is 1.54. The molecule has 2 aromatic carbocycles. The molecule has 1 heterocycles. The summed E-state index contributed by atoms with van der Waals surface area (Å²) in [7, 11) is 1.73. The maximum absolute atomic E-state index is 13.5. The van der Waals surface area contributed by atoms with Crippen molar-refractivity contribution in [2.75, 3.05) is 12.4 Å². The number of halogens is 1. The third kappa shape index (κ3) is 2.12. The lowest BCUT2D eigenvalue weighted by Gasteiger charge is -2.09. The number of hydrogen-bond donors (Lipinski definition) is 2. The molecule has 1 unspecified atom stereocenters. The molecule has 0 aromatic heterocycles. The van der Waals surface area contributed by atoms with Gasteiger partial charge < -0.3 is 15.4 Å². The summed E-state index contributed by atoms with van der Waals surface area (Å²) in [4.78, 5) is 11.7. The Morgan fingerprint density at radius 1 is 1.25 bits per heavy atom. The Morgan fingerprint density at radius 3 is 2.80 bits per heavy atom. The largest absolute Gasteiger partial charge is 0.454 e. The minimum Gasteiger partial charge on any atom is -0.454 e. The summed E-state index contributed by atoms with van der Waals surface area (Å²) >= 11 is 0. The van der Waals surface area contributed by atoms with E-state index in [4.69, 9.17) is 4.74 Å². The van der Waals surface area contributed by atoms with Crippen LogP contribution in [0.3, 0.4) is 0 Å². The van der Waals surface area contributed by atoms with Crippen LogP contribution in [0, 0.1) is 5.82 Å². The van der Waals surface area contributed by atoms with Gasteiger partial charge in [-0.05, 0) is 25.2 Å². The van der Waals surface area contributed by atoms with Gasteiger partial charge in [-0.25, -0.2) is 4.39 Å². The highest BCUT2D eigenvalue weighted by molar-refractivity contribution is 6.02. The van der Waals surface area contributed by atoms with Crippen LogP contribution in [0.4, 0.5) is 10.1 Å². The fourth-order valence-electron chi connectivity index (χ4n) is 2.25. The molecule has 1 aliphatic heterocycles. The second-order valence-corrected chi connectivity index (χ2v) is 4.49. The van der Waals surface area contributed by atoms with Crippen LogP contribution in [0.1, 0.15) is 11.6 Å². The van der Waals surface area contributed by atoms with Crippen LogP contribution in [0.25, 0.3) is 0 Å². The molecule has 3 rings (SSSR count). The molecule has 2 aromatic rings. The zero-order chi connectivity index (χ0) is 14.1. The molecule has 0 bridgehead atoms. The van der Waals surface area contributed by atoms with E-state index in [9.17, 15) is 9.18 Å². The van der Waals surface area contributed by atoms with E-state index >= 15 is 0 Å². The van der Waals surface area contributed by atoms with Gasteiger partial charge in [-0.15, -0.1) is 0 Å². The van der Waals surface area contributed by atoms with E-state index in [0.29, 0.717) is 11.4 Å². The van der Waals surface area contributed by atoms with Gasteiger partial charge in [0.05, 0.1) is 0 Å². The first-order valence-corrected chi connectivity index (χ1v) is 6.23. The lowest BCUT2D eigenvalue weighted by Crippen LogP contribution is -2.23. The van der Waals surface area contributed by atoms with Gasteiger partial charge in [-0.3, -0.25) is 4.79 Å². The van der Waals surface area contributed by atoms with E-state index in [1.54, 1.807) is 43.4 Å². The Morgan fingerprint density at radius 2 is 2.05 bits per heavy atom. The normalized spacial score (nSPS) is 16.7. The van der Waals surface area contributed by atoms with Gasteiger partial charge in [-0.1, -0.05) is 18.2 Å². The van der Waals surface area contributed by atoms with Crippen LogP contribution in [0.15, 0.2) is 42.5 Å². The Labute approximate surface area is 115 Å². The number of ether oxygens (including phenoxy) is 1. The smallest absolute Gasteiger partial charge is 0.246 e. The van der Waals surface area contributed by atoms with Crippen molar-refractivity contribution >= 4 is 11.6 Å². The molecule has 1 amide bonds. The molecule has 0 spiro atoms. The minimum absolute atomic E-state index is 0.106. The summed E-state index contributed by atoms with van der Waals surface area (Å²) < 4.78 is 19.0. The highest BCUT2D eigenvalue weighted by atomic mass is 19.1. The zero-order valence-electron chi connectivity index (χ0n) is 10.8. The molecule has 1 atom stereocenters. The molecular weight excluding hydrogens is 259 g/mol. The predicted molar refractivity (Wildman–Crippen MR) is 73.3 cm³/mol. The first kappa shape index (κ1) is 12.6. The summed E-state index contributed by atoms with van der Waals surface area (Å²) in [6.45, 7) is 0. The van der Waals surface area contributed by atoms with E-state index in [1.165, 1.54) is 6.07 Å². The van der Waals surface area contributed by atoms with Crippen molar-refractivity contribution in [1.82, 2.24) is 5.32 Å². The topological polar surface area (TPSA) is 50.4 Å². The fraction of sp³-hybridized carbons (Fsp3) is 0.133. The number of hydrogen-bond acceptors (Lipinski definition) is 3. The van der Waals surface area contributed by atoms with Crippen molar-refractivity contribution in [3.05, 3.63) is 53.8 Å². The molecule has 1 aliphatic rings. The van der Waals surface area contributed by atoms with Crippen molar-refractivity contribution in [3.63, 3.8) is 0 Å². The van der Waals surface area contributed by atoms with Crippen molar-refractivity contribution in [2.45, 2.75) is 6.04 Å². The van der Waals surface area contributed by atoms with Gasteiger partial charge in [0.25, 0.3) is 0 Å². The van der Waals surface area contributed by atoms with Crippen LogP contribution in [-0.4, -0.2) is 13.0 Å². The molecule has 2 N–H and O–H groups in total. The standard InChI is InChI=1S/C15H13FN2O2/c1-17-14-10-7-6-9(8-12(10)18-15(14)19)20-13-5-3-2-4-11(13)16/h2-8,14,17H,1H3,(H,18,19). The van der Waals surface area contributed by atoms with Gasteiger partial charge in [0.15, 0.2) is 11.6 Å². The Balaban J connectivity index is 1.90. The van der Waals surface area contributed by atoms with E-state index < -0.39 is 5.82 Å². The first-order valence-electron chi connectivity index (χ1n) is 6.23. The summed E-state index contributed by atoms with van der Waals surface area (Å²) in [6.07, 6.45) is 0. The number of para-hydroxylation sites is 1. The van der Waals surface area contributed by atoms with Crippen LogP contribution in [-0.2, 0) is 4.79 Å². The number of amides is 1. The van der Waals surface area contributed by atoms with Gasteiger partial charge in [0.1, 0.15) is 11.8 Å². The van der Waals surface area contributed by atoms with Gasteiger partial charge in [0.2, 0.25) is 5.91 Å². The molecule has 4 nitrogen and oxygen atoms in total. The zero-order valence-corrected chi connectivity index (χ0v) is 10.8. The molecule has 0 fully saturated rings. The van der Waals surface area contributed by atoms with Crippen LogP contribution in [0.5, 0.6) is 11.5 Å². The average Bonchev–Trinajstić information content (AvgIpc) is 2.76. The van der Waals surface area contributed by atoms with Gasteiger partial charge in [-0.2, -0.15) is 0 Å². The monoisotopic (exact) mass is 272 g/mol. The van der Waals surface area contributed by atoms with E-state index in [0.717, 1.165) is 5.56 Å². The van der Waals surface area contributed by atoms with Crippen molar-refractivity contribution in [1.29, 1.82) is 0 Å². The van der Waals surface area contributed by atoms with E-state index in [2.05, 4.69) is 10.6 Å². The number of carbonyl (C=O) groups is 1. The highest BCUT2D eigenvalue weighted by Gasteiger charge is 2.29. The predicted octanol–water partition coefficient (Wildman–Crippen LogP) is 2.83. The SMILES string of the molecule is CNC1C(=O)Nc2cc(Oc3ccccc3F)ccc21. The molecule has 102 valence electrons. The van der Waals surface area contributed by atoms with E-state index in [1.807, 2.05) is 0 Å². The van der Waals surface area contributed by atoms with Crippen LogP contribution < -0.4 is 15.4 Å². The summed E-state index contributed by atoms with van der Waals surface area (Å²) in [6, 6.07) is 11.0. The second-order valence-electron chi connectivity index (χ2n) is 4.49. The number of rotatable bonds is 3. The highest BCUT2D eigenvalue weighted by Crippen LogP contribution is 2.35. The Bertz CT molecular complexity index is 673. The second kappa shape index (κ2) is 4.94. The lowest BCUT2D eigenvalue weighted by atomic mass is 10.1. The number of likely N-dealkylation sites (N-methyl/N-ethyl adjacent to an activating group) is 1. The van der Waals surface area contributed by atoms with Crippen LogP contribution in [0.2, 0.25) is 0 Å². The third-order valence-electron chi connectivity index (χ3n) is 3.21. The minimum atomic E-state index is -0.426. The number of nitrogens with one attached hydrogen (secondary N) is 2. The number of fused-ring (bicyclic) bond motifs is 1. The quantitative estimate of drug-likeness (QED) is 0.903. The molecular formula is C15H13FN2O2. The van der Waals surface area contributed by atoms with Gasteiger partial charge >= 0.3 is 0 Å². The fourth-order valence-corrected chi connectivity index (χ4v) is 2.25. The molecule has 0 radical (unpaired) electrons. The number of carbonyl (C=O) groups excluding carboxylic acids is 1. The van der Waals surface area contributed by atoms with E-state index in [-0.39, 0.29) is 17.7 Å².